The molecule has 1 saturated heterocycles. The zero-order chi connectivity index (χ0) is 13.7. The van der Waals surface area contributed by atoms with Gasteiger partial charge in [0.25, 0.3) is 0 Å². The summed E-state index contributed by atoms with van der Waals surface area (Å²) in [5.74, 6) is -0.224. The van der Waals surface area contributed by atoms with Gasteiger partial charge in [0, 0.05) is 18.6 Å². The van der Waals surface area contributed by atoms with Gasteiger partial charge in [-0.3, -0.25) is 4.90 Å². The van der Waals surface area contributed by atoms with E-state index in [1.54, 1.807) is 12.1 Å². The van der Waals surface area contributed by atoms with Crippen molar-refractivity contribution in [3.63, 3.8) is 0 Å². The molecule has 3 heteroatoms. The molecule has 104 valence electrons. The Bertz CT molecular complexity index is 394. The second kappa shape index (κ2) is 6.71. The van der Waals surface area contributed by atoms with Crippen LogP contribution in [0.2, 0.25) is 0 Å². The number of esters is 1. The first kappa shape index (κ1) is 14.1. The maximum atomic E-state index is 11.8. The lowest BCUT2D eigenvalue weighted by Crippen LogP contribution is -2.45. The molecule has 0 bridgehead atoms. The van der Waals surface area contributed by atoms with Gasteiger partial charge < -0.3 is 4.74 Å². The number of ether oxygens (including phenoxy) is 1. The molecular weight excluding hydrogens is 238 g/mol. The topological polar surface area (TPSA) is 29.5 Å². The quantitative estimate of drug-likeness (QED) is 0.780. The molecule has 0 aromatic heterocycles. The first-order valence-corrected chi connectivity index (χ1v) is 7.16. The average molecular weight is 261 g/mol. The number of carbonyl (C=O) groups is 1. The van der Waals surface area contributed by atoms with Crippen molar-refractivity contribution < 1.29 is 9.53 Å². The van der Waals surface area contributed by atoms with Crippen molar-refractivity contribution in [2.75, 3.05) is 13.2 Å². The number of rotatable bonds is 4. The van der Waals surface area contributed by atoms with Crippen molar-refractivity contribution in [1.29, 1.82) is 0 Å². The summed E-state index contributed by atoms with van der Waals surface area (Å²) < 4.78 is 5.35. The lowest BCUT2D eigenvalue weighted by Gasteiger charge is -2.38. The standard InChI is InChI=1S/C16H23NO2/c1-13-7-6-8-14(2)17(13)11-12-19-16(18)15-9-4-3-5-10-15/h3-5,9-10,13-14H,6-8,11-12H2,1-2H3. The zero-order valence-corrected chi connectivity index (χ0v) is 11.8. The van der Waals surface area contributed by atoms with E-state index in [4.69, 9.17) is 4.74 Å². The number of benzene rings is 1. The fraction of sp³-hybridized carbons (Fsp3) is 0.562. The Morgan fingerprint density at radius 2 is 1.84 bits per heavy atom. The normalized spacial score (nSPS) is 24.1. The highest BCUT2D eigenvalue weighted by Crippen LogP contribution is 2.21. The highest BCUT2D eigenvalue weighted by atomic mass is 16.5. The molecule has 0 aliphatic carbocycles. The summed E-state index contributed by atoms with van der Waals surface area (Å²) in [5, 5.41) is 0. The van der Waals surface area contributed by atoms with Gasteiger partial charge in [-0.15, -0.1) is 0 Å². The van der Waals surface area contributed by atoms with E-state index >= 15 is 0 Å². The van der Waals surface area contributed by atoms with E-state index in [9.17, 15) is 4.79 Å². The zero-order valence-electron chi connectivity index (χ0n) is 11.8. The van der Waals surface area contributed by atoms with E-state index in [1.807, 2.05) is 18.2 Å². The van der Waals surface area contributed by atoms with Crippen LogP contribution in [0.3, 0.4) is 0 Å². The van der Waals surface area contributed by atoms with Crippen LogP contribution in [0.5, 0.6) is 0 Å². The van der Waals surface area contributed by atoms with E-state index < -0.39 is 0 Å². The molecular formula is C16H23NO2. The molecule has 0 spiro atoms. The summed E-state index contributed by atoms with van der Waals surface area (Å²) >= 11 is 0. The van der Waals surface area contributed by atoms with Crippen LogP contribution in [0.15, 0.2) is 30.3 Å². The fourth-order valence-corrected chi connectivity index (χ4v) is 2.82. The SMILES string of the molecule is CC1CCCC(C)N1CCOC(=O)c1ccccc1. The van der Waals surface area contributed by atoms with E-state index in [-0.39, 0.29) is 5.97 Å². The predicted molar refractivity (Wildman–Crippen MR) is 76.2 cm³/mol. The highest BCUT2D eigenvalue weighted by Gasteiger charge is 2.24. The molecule has 0 N–H and O–H groups in total. The monoisotopic (exact) mass is 261 g/mol. The van der Waals surface area contributed by atoms with Gasteiger partial charge in [0.05, 0.1) is 5.56 Å². The molecule has 19 heavy (non-hydrogen) atoms. The van der Waals surface area contributed by atoms with E-state index in [0.717, 1.165) is 6.54 Å². The molecule has 3 nitrogen and oxygen atoms in total. The Kier molecular flexibility index (Phi) is 4.97. The molecule has 1 fully saturated rings. The molecule has 1 aromatic carbocycles. The fourth-order valence-electron chi connectivity index (χ4n) is 2.82. The van der Waals surface area contributed by atoms with Gasteiger partial charge >= 0.3 is 5.97 Å². The smallest absolute Gasteiger partial charge is 0.338 e. The second-order valence-corrected chi connectivity index (χ2v) is 5.37. The lowest BCUT2D eigenvalue weighted by molar-refractivity contribution is 0.0340. The van der Waals surface area contributed by atoms with Crippen LogP contribution in [0.25, 0.3) is 0 Å². The average Bonchev–Trinajstić information content (AvgIpc) is 2.43. The third-order valence-electron chi connectivity index (χ3n) is 3.97. The Hall–Kier alpha value is -1.35. The van der Waals surface area contributed by atoms with Gasteiger partial charge in [-0.1, -0.05) is 24.6 Å². The molecule has 0 saturated carbocycles. The van der Waals surface area contributed by atoms with Crippen molar-refractivity contribution in [2.45, 2.75) is 45.2 Å². The number of hydrogen-bond acceptors (Lipinski definition) is 3. The summed E-state index contributed by atoms with van der Waals surface area (Å²) in [5.41, 5.74) is 0.627. The van der Waals surface area contributed by atoms with Gasteiger partial charge in [0.15, 0.2) is 0 Å². The third kappa shape index (κ3) is 3.80. The molecule has 1 aliphatic rings. The van der Waals surface area contributed by atoms with Gasteiger partial charge in [-0.05, 0) is 38.8 Å². The third-order valence-corrected chi connectivity index (χ3v) is 3.97. The number of nitrogens with zero attached hydrogens (tertiary/aromatic N) is 1. The Morgan fingerprint density at radius 1 is 1.21 bits per heavy atom. The summed E-state index contributed by atoms with van der Waals surface area (Å²) in [4.78, 5) is 14.3. The summed E-state index contributed by atoms with van der Waals surface area (Å²) in [7, 11) is 0. The van der Waals surface area contributed by atoms with Crippen molar-refractivity contribution in [1.82, 2.24) is 4.90 Å². The van der Waals surface area contributed by atoms with Gasteiger partial charge in [-0.25, -0.2) is 4.79 Å². The Morgan fingerprint density at radius 3 is 2.47 bits per heavy atom. The number of likely N-dealkylation sites (tertiary alicyclic amines) is 1. The largest absolute Gasteiger partial charge is 0.461 e. The van der Waals surface area contributed by atoms with Crippen LogP contribution in [-0.4, -0.2) is 36.1 Å². The minimum absolute atomic E-state index is 0.224. The van der Waals surface area contributed by atoms with Crippen molar-refractivity contribution in [2.24, 2.45) is 0 Å². The van der Waals surface area contributed by atoms with Gasteiger partial charge in [-0.2, -0.15) is 0 Å². The number of piperidine rings is 1. The maximum Gasteiger partial charge on any atom is 0.338 e. The van der Waals surface area contributed by atoms with E-state index in [1.165, 1.54) is 19.3 Å². The highest BCUT2D eigenvalue weighted by molar-refractivity contribution is 5.89. The van der Waals surface area contributed by atoms with Gasteiger partial charge in [0.2, 0.25) is 0 Å². The molecule has 1 heterocycles. The number of hydrogen-bond donors (Lipinski definition) is 0. The van der Waals surface area contributed by atoms with Crippen molar-refractivity contribution >= 4 is 5.97 Å². The number of carbonyl (C=O) groups excluding carboxylic acids is 1. The van der Waals surface area contributed by atoms with Crippen LogP contribution in [0.4, 0.5) is 0 Å². The summed E-state index contributed by atoms with van der Waals surface area (Å²) in [6.07, 6.45) is 3.80. The molecule has 2 rings (SSSR count). The van der Waals surface area contributed by atoms with Crippen LogP contribution in [-0.2, 0) is 4.74 Å². The molecule has 2 unspecified atom stereocenters. The van der Waals surface area contributed by atoms with Crippen molar-refractivity contribution in [3.8, 4) is 0 Å². The van der Waals surface area contributed by atoms with Crippen LogP contribution in [0, 0.1) is 0 Å². The van der Waals surface area contributed by atoms with Crippen LogP contribution < -0.4 is 0 Å². The molecule has 0 radical (unpaired) electrons. The Balaban J connectivity index is 1.78. The minimum Gasteiger partial charge on any atom is -0.461 e. The molecule has 1 aromatic rings. The first-order valence-electron chi connectivity index (χ1n) is 7.16. The van der Waals surface area contributed by atoms with E-state index in [0.29, 0.717) is 24.3 Å². The van der Waals surface area contributed by atoms with Crippen LogP contribution in [0.1, 0.15) is 43.5 Å². The van der Waals surface area contributed by atoms with Crippen LogP contribution >= 0.6 is 0 Å². The molecule has 0 amide bonds. The second-order valence-electron chi connectivity index (χ2n) is 5.37. The maximum absolute atomic E-state index is 11.8. The lowest BCUT2D eigenvalue weighted by atomic mass is 9.98. The summed E-state index contributed by atoms with van der Waals surface area (Å²) in [6, 6.07) is 10.4. The predicted octanol–water partition coefficient (Wildman–Crippen LogP) is 3.11. The molecule has 1 aliphatic heterocycles. The van der Waals surface area contributed by atoms with Gasteiger partial charge in [0.1, 0.15) is 6.61 Å². The van der Waals surface area contributed by atoms with Crippen molar-refractivity contribution in [3.05, 3.63) is 35.9 Å². The molecule has 2 atom stereocenters. The first-order chi connectivity index (χ1) is 9.18. The Labute approximate surface area is 115 Å². The van der Waals surface area contributed by atoms with E-state index in [2.05, 4.69) is 18.7 Å². The summed E-state index contributed by atoms with van der Waals surface area (Å²) in [6.45, 7) is 5.83. The minimum atomic E-state index is -0.224.